The van der Waals surface area contributed by atoms with Gasteiger partial charge < -0.3 is 11.1 Å². The normalized spacial score (nSPS) is 27.8. The van der Waals surface area contributed by atoms with Gasteiger partial charge in [0.15, 0.2) is 0 Å². The van der Waals surface area contributed by atoms with E-state index < -0.39 is 0 Å². The summed E-state index contributed by atoms with van der Waals surface area (Å²) >= 11 is 1.86. The van der Waals surface area contributed by atoms with Gasteiger partial charge in [0, 0.05) is 11.3 Å². The van der Waals surface area contributed by atoms with E-state index in [1.54, 1.807) is 0 Å². The predicted molar refractivity (Wildman–Crippen MR) is 70.5 cm³/mol. The Kier molecular flexibility index (Phi) is 5.62. The summed E-state index contributed by atoms with van der Waals surface area (Å²) in [7, 11) is 0. The van der Waals surface area contributed by atoms with Crippen LogP contribution in [0.4, 0.5) is 0 Å². The van der Waals surface area contributed by atoms with Gasteiger partial charge in [0.05, 0.1) is 6.04 Å². The van der Waals surface area contributed by atoms with Crippen LogP contribution in [-0.4, -0.2) is 29.5 Å². The average molecular weight is 244 g/mol. The van der Waals surface area contributed by atoms with Crippen LogP contribution in [0, 0.1) is 5.92 Å². The van der Waals surface area contributed by atoms with Crippen LogP contribution >= 0.6 is 11.8 Å². The summed E-state index contributed by atoms with van der Waals surface area (Å²) in [4.78, 5) is 11.9. The van der Waals surface area contributed by atoms with Gasteiger partial charge in [0.25, 0.3) is 0 Å². The fourth-order valence-corrected chi connectivity index (χ4v) is 3.06. The summed E-state index contributed by atoms with van der Waals surface area (Å²) < 4.78 is 0. The van der Waals surface area contributed by atoms with Crippen LogP contribution < -0.4 is 11.1 Å². The predicted octanol–water partition coefficient (Wildman–Crippen LogP) is 1.76. The van der Waals surface area contributed by atoms with Crippen LogP contribution in [0.1, 0.15) is 39.5 Å². The molecule has 1 saturated carbocycles. The number of nitrogens with two attached hydrogens (primary N) is 1. The maximum atomic E-state index is 11.9. The molecule has 3 N–H and O–H groups in total. The molecule has 4 heteroatoms. The molecule has 3 atom stereocenters. The number of hydrogen-bond acceptors (Lipinski definition) is 3. The second-order valence-corrected chi connectivity index (χ2v) is 6.02. The molecule has 0 saturated heterocycles. The minimum atomic E-state index is -0.371. The van der Waals surface area contributed by atoms with Crippen molar-refractivity contribution in [3.8, 4) is 0 Å². The van der Waals surface area contributed by atoms with Crippen LogP contribution in [0.15, 0.2) is 0 Å². The minimum absolute atomic E-state index is 0.0148. The van der Waals surface area contributed by atoms with Gasteiger partial charge in [-0.1, -0.05) is 26.7 Å². The van der Waals surface area contributed by atoms with E-state index in [0.29, 0.717) is 11.3 Å². The maximum absolute atomic E-state index is 11.9. The molecule has 94 valence electrons. The summed E-state index contributed by atoms with van der Waals surface area (Å²) in [5.74, 6) is 0.220. The Morgan fingerprint density at radius 1 is 1.38 bits per heavy atom. The molecule has 0 aliphatic heterocycles. The third kappa shape index (κ3) is 3.67. The fraction of sp³-hybridized carbons (Fsp3) is 0.917. The van der Waals surface area contributed by atoms with E-state index in [4.69, 9.17) is 5.73 Å². The minimum Gasteiger partial charge on any atom is -0.351 e. The second-order valence-electron chi connectivity index (χ2n) is 4.94. The third-order valence-corrected chi connectivity index (χ3v) is 4.52. The Balaban J connectivity index is 2.48. The van der Waals surface area contributed by atoms with E-state index in [9.17, 15) is 4.79 Å². The zero-order valence-electron chi connectivity index (χ0n) is 10.5. The Hall–Kier alpha value is -0.220. The summed E-state index contributed by atoms with van der Waals surface area (Å²) in [6, 6.07) is -0.0505. The van der Waals surface area contributed by atoms with Crippen molar-refractivity contribution in [2.45, 2.75) is 56.9 Å². The van der Waals surface area contributed by atoms with E-state index in [2.05, 4.69) is 11.6 Å². The molecule has 1 fully saturated rings. The fourth-order valence-electron chi connectivity index (χ4n) is 2.13. The first-order chi connectivity index (χ1) is 7.56. The summed E-state index contributed by atoms with van der Waals surface area (Å²) in [6.45, 7) is 3.97. The smallest absolute Gasteiger partial charge is 0.237 e. The highest BCUT2D eigenvalue weighted by molar-refractivity contribution is 7.99. The van der Waals surface area contributed by atoms with Gasteiger partial charge in [-0.05, 0) is 25.0 Å². The molecular weight excluding hydrogens is 220 g/mol. The lowest BCUT2D eigenvalue weighted by molar-refractivity contribution is -0.124. The van der Waals surface area contributed by atoms with Crippen molar-refractivity contribution in [3.05, 3.63) is 0 Å². The molecule has 2 unspecified atom stereocenters. The molecular formula is C12H24N2OS. The maximum Gasteiger partial charge on any atom is 0.237 e. The van der Waals surface area contributed by atoms with Crippen LogP contribution in [0.2, 0.25) is 0 Å². The number of carbonyl (C=O) groups is 1. The summed E-state index contributed by atoms with van der Waals surface area (Å²) in [6.07, 6.45) is 6.94. The Morgan fingerprint density at radius 3 is 2.56 bits per heavy atom. The van der Waals surface area contributed by atoms with E-state index in [-0.39, 0.29) is 17.9 Å². The number of nitrogens with one attached hydrogen (secondary N) is 1. The quantitative estimate of drug-likeness (QED) is 0.792. The first-order valence-corrected chi connectivity index (χ1v) is 7.43. The highest BCUT2D eigenvalue weighted by atomic mass is 32.2. The second kappa shape index (κ2) is 6.50. The van der Waals surface area contributed by atoms with E-state index >= 15 is 0 Å². The average Bonchev–Trinajstić information content (AvgIpc) is 2.28. The molecule has 3 nitrogen and oxygen atoms in total. The molecule has 1 aliphatic rings. The molecule has 0 radical (unpaired) electrons. The van der Waals surface area contributed by atoms with Gasteiger partial charge >= 0.3 is 0 Å². The van der Waals surface area contributed by atoms with Gasteiger partial charge in [-0.2, -0.15) is 11.8 Å². The third-order valence-electron chi connectivity index (χ3n) is 3.35. The highest BCUT2D eigenvalue weighted by Crippen LogP contribution is 2.27. The molecule has 0 spiro atoms. The molecule has 16 heavy (non-hydrogen) atoms. The van der Waals surface area contributed by atoms with Crippen molar-refractivity contribution in [3.63, 3.8) is 0 Å². The number of hydrogen-bond donors (Lipinski definition) is 2. The van der Waals surface area contributed by atoms with Gasteiger partial charge in [-0.25, -0.2) is 0 Å². The number of carbonyl (C=O) groups excluding carboxylic acids is 1. The van der Waals surface area contributed by atoms with E-state index in [0.717, 1.165) is 6.42 Å². The molecule has 0 bridgehead atoms. The number of amides is 1. The largest absolute Gasteiger partial charge is 0.351 e. The molecule has 1 rings (SSSR count). The van der Waals surface area contributed by atoms with Crippen molar-refractivity contribution in [1.82, 2.24) is 5.32 Å². The van der Waals surface area contributed by atoms with Gasteiger partial charge in [0.2, 0.25) is 5.91 Å². The standard InChI is InChI=1S/C12H24N2OS/c1-8(2)11(13)12(15)14-9-6-4-5-7-10(9)16-3/h8-11H,4-7,13H2,1-3H3,(H,14,15)/t9?,10?,11-/m0/s1. The lowest BCUT2D eigenvalue weighted by Gasteiger charge is -2.32. The summed E-state index contributed by atoms with van der Waals surface area (Å²) in [5.41, 5.74) is 5.85. The number of thioether (sulfide) groups is 1. The van der Waals surface area contributed by atoms with E-state index in [1.165, 1.54) is 19.3 Å². The first-order valence-electron chi connectivity index (χ1n) is 6.15. The Morgan fingerprint density at radius 2 is 2.00 bits per heavy atom. The zero-order valence-corrected chi connectivity index (χ0v) is 11.3. The molecule has 1 amide bonds. The summed E-state index contributed by atoms with van der Waals surface area (Å²) in [5, 5.41) is 3.68. The lowest BCUT2D eigenvalue weighted by atomic mass is 9.94. The molecule has 0 heterocycles. The van der Waals surface area contributed by atoms with Crippen molar-refractivity contribution in [1.29, 1.82) is 0 Å². The van der Waals surface area contributed by atoms with Crippen molar-refractivity contribution >= 4 is 17.7 Å². The van der Waals surface area contributed by atoms with Crippen molar-refractivity contribution in [2.75, 3.05) is 6.26 Å². The SMILES string of the molecule is CSC1CCCCC1NC(=O)[C@@H](N)C(C)C. The van der Waals surface area contributed by atoms with Crippen LogP contribution in [-0.2, 0) is 4.79 Å². The Bertz CT molecular complexity index is 233. The molecule has 0 aromatic rings. The van der Waals surface area contributed by atoms with Crippen molar-refractivity contribution in [2.24, 2.45) is 11.7 Å². The van der Waals surface area contributed by atoms with E-state index in [1.807, 2.05) is 25.6 Å². The van der Waals surface area contributed by atoms with Gasteiger partial charge in [-0.3, -0.25) is 4.79 Å². The Labute approximate surface area is 103 Å². The first kappa shape index (κ1) is 13.8. The van der Waals surface area contributed by atoms with Gasteiger partial charge in [-0.15, -0.1) is 0 Å². The molecule has 0 aromatic carbocycles. The topological polar surface area (TPSA) is 55.1 Å². The van der Waals surface area contributed by atoms with Crippen molar-refractivity contribution < 1.29 is 4.79 Å². The number of rotatable bonds is 4. The molecule has 0 aromatic heterocycles. The lowest BCUT2D eigenvalue weighted by Crippen LogP contribution is -2.51. The van der Waals surface area contributed by atoms with Crippen LogP contribution in [0.3, 0.4) is 0 Å². The highest BCUT2D eigenvalue weighted by Gasteiger charge is 2.27. The van der Waals surface area contributed by atoms with Crippen LogP contribution in [0.25, 0.3) is 0 Å². The monoisotopic (exact) mass is 244 g/mol. The zero-order chi connectivity index (χ0) is 12.1. The van der Waals surface area contributed by atoms with Gasteiger partial charge in [0.1, 0.15) is 0 Å². The van der Waals surface area contributed by atoms with Crippen LogP contribution in [0.5, 0.6) is 0 Å². The molecule has 1 aliphatic carbocycles.